The number of phenolic OH excluding ortho intramolecular Hbond substituents is 1. The molecule has 4 unspecified atom stereocenters. The van der Waals surface area contributed by atoms with E-state index >= 15 is 0 Å². The average Bonchev–Trinajstić information content (AvgIpc) is 3.63. The molecule has 0 bridgehead atoms. The second kappa shape index (κ2) is 13.5. The Labute approximate surface area is 240 Å². The molecular formula is C29H33N7O6. The summed E-state index contributed by atoms with van der Waals surface area (Å²) >= 11 is 0. The fraction of sp³-hybridized carbons (Fsp3) is 0.276. The van der Waals surface area contributed by atoms with Crippen LogP contribution in [0, 0.1) is 0 Å². The van der Waals surface area contributed by atoms with Crippen molar-refractivity contribution in [2.75, 3.05) is 0 Å². The average molecular weight is 576 g/mol. The van der Waals surface area contributed by atoms with Crippen molar-refractivity contribution < 1.29 is 29.4 Å². The van der Waals surface area contributed by atoms with Gasteiger partial charge in [-0.2, -0.15) is 0 Å². The SMILES string of the molecule is CC(NC(=O)C(Cc1c[nH]c2ccccc12)NC(=O)C(N)Cc1cnc[nH]1)C(=O)NC(Cc1ccc(O)cc1)C(=O)O. The minimum atomic E-state index is -1.27. The van der Waals surface area contributed by atoms with Crippen molar-refractivity contribution in [1.29, 1.82) is 0 Å². The molecule has 4 rings (SSSR count). The lowest BCUT2D eigenvalue weighted by Crippen LogP contribution is -2.57. The number of hydrogen-bond donors (Lipinski definition) is 8. The number of aromatic hydroxyl groups is 1. The van der Waals surface area contributed by atoms with Crippen LogP contribution in [0.4, 0.5) is 0 Å². The number of fused-ring (bicyclic) bond motifs is 1. The maximum Gasteiger partial charge on any atom is 0.326 e. The Bertz CT molecular complexity index is 1530. The number of carboxylic acids is 1. The summed E-state index contributed by atoms with van der Waals surface area (Å²) in [7, 11) is 0. The molecule has 42 heavy (non-hydrogen) atoms. The molecule has 0 spiro atoms. The summed E-state index contributed by atoms with van der Waals surface area (Å²) in [6.07, 6.45) is 5.01. The first-order chi connectivity index (χ1) is 20.1. The van der Waals surface area contributed by atoms with Crippen LogP contribution >= 0.6 is 0 Å². The fourth-order valence-corrected chi connectivity index (χ4v) is 4.48. The molecule has 9 N–H and O–H groups in total. The second-order valence-electron chi connectivity index (χ2n) is 10.0. The molecule has 13 heteroatoms. The minimum Gasteiger partial charge on any atom is -0.508 e. The molecule has 3 amide bonds. The van der Waals surface area contributed by atoms with Crippen LogP contribution in [0.1, 0.15) is 23.7 Å². The molecule has 4 atom stereocenters. The zero-order chi connectivity index (χ0) is 30.2. The maximum atomic E-state index is 13.4. The number of aromatic nitrogens is 3. The lowest BCUT2D eigenvalue weighted by atomic mass is 10.0. The number of imidazole rings is 1. The molecular weight excluding hydrogens is 542 g/mol. The van der Waals surface area contributed by atoms with Gasteiger partial charge in [-0.3, -0.25) is 14.4 Å². The smallest absolute Gasteiger partial charge is 0.326 e. The summed E-state index contributed by atoms with van der Waals surface area (Å²) < 4.78 is 0. The number of nitrogens with two attached hydrogens (primary N) is 1. The van der Waals surface area contributed by atoms with Gasteiger partial charge in [-0.15, -0.1) is 0 Å². The number of carbonyl (C=O) groups is 4. The predicted molar refractivity (Wildman–Crippen MR) is 153 cm³/mol. The number of amides is 3. The van der Waals surface area contributed by atoms with Gasteiger partial charge in [0.1, 0.15) is 23.9 Å². The van der Waals surface area contributed by atoms with Crippen molar-refractivity contribution in [3.63, 3.8) is 0 Å². The number of benzene rings is 2. The zero-order valence-electron chi connectivity index (χ0n) is 22.8. The van der Waals surface area contributed by atoms with Gasteiger partial charge in [0.15, 0.2) is 0 Å². The molecule has 0 saturated heterocycles. The number of aliphatic carboxylic acids is 1. The van der Waals surface area contributed by atoms with Crippen LogP contribution in [0.2, 0.25) is 0 Å². The highest BCUT2D eigenvalue weighted by Gasteiger charge is 2.29. The molecule has 4 aromatic rings. The number of nitrogens with one attached hydrogen (secondary N) is 5. The summed E-state index contributed by atoms with van der Waals surface area (Å²) in [4.78, 5) is 61.1. The summed E-state index contributed by atoms with van der Waals surface area (Å²) in [6.45, 7) is 1.42. The highest BCUT2D eigenvalue weighted by atomic mass is 16.4. The van der Waals surface area contributed by atoms with E-state index in [4.69, 9.17) is 5.73 Å². The van der Waals surface area contributed by atoms with Crippen LogP contribution in [-0.2, 0) is 38.4 Å². The monoisotopic (exact) mass is 575 g/mol. The van der Waals surface area contributed by atoms with Gasteiger partial charge in [-0.25, -0.2) is 9.78 Å². The van der Waals surface area contributed by atoms with Gasteiger partial charge >= 0.3 is 5.97 Å². The van der Waals surface area contributed by atoms with Crippen molar-refractivity contribution in [1.82, 2.24) is 30.9 Å². The summed E-state index contributed by atoms with van der Waals surface area (Å²) in [5, 5.41) is 27.7. The minimum absolute atomic E-state index is 0.0301. The third kappa shape index (κ3) is 7.73. The Balaban J connectivity index is 1.45. The van der Waals surface area contributed by atoms with Crippen molar-refractivity contribution in [2.45, 2.75) is 50.4 Å². The van der Waals surface area contributed by atoms with E-state index in [1.54, 1.807) is 24.5 Å². The summed E-state index contributed by atoms with van der Waals surface area (Å²) in [6, 6.07) is 8.98. The number of aromatic amines is 2. The first-order valence-electron chi connectivity index (χ1n) is 13.3. The molecule has 220 valence electrons. The van der Waals surface area contributed by atoms with E-state index in [0.29, 0.717) is 11.3 Å². The van der Waals surface area contributed by atoms with E-state index in [0.717, 1.165) is 16.5 Å². The number of rotatable bonds is 13. The molecule has 2 aromatic carbocycles. The van der Waals surface area contributed by atoms with Gasteiger partial charge in [0.2, 0.25) is 17.7 Å². The predicted octanol–water partition coefficient (Wildman–Crippen LogP) is 0.511. The number of carbonyl (C=O) groups excluding carboxylic acids is 3. The van der Waals surface area contributed by atoms with Gasteiger partial charge in [-0.05, 0) is 36.2 Å². The number of phenols is 1. The third-order valence-corrected chi connectivity index (χ3v) is 6.81. The van der Waals surface area contributed by atoms with E-state index in [1.807, 2.05) is 24.3 Å². The van der Waals surface area contributed by atoms with Gasteiger partial charge in [0.05, 0.1) is 12.4 Å². The van der Waals surface area contributed by atoms with E-state index in [2.05, 4.69) is 30.9 Å². The lowest BCUT2D eigenvalue weighted by molar-refractivity contribution is -0.142. The number of para-hydroxylation sites is 1. The first-order valence-corrected chi connectivity index (χ1v) is 13.3. The van der Waals surface area contributed by atoms with Gasteiger partial charge < -0.3 is 41.9 Å². The molecule has 0 aliphatic carbocycles. The van der Waals surface area contributed by atoms with Crippen LogP contribution in [0.3, 0.4) is 0 Å². The third-order valence-electron chi connectivity index (χ3n) is 6.81. The first kappa shape index (κ1) is 29.8. The lowest BCUT2D eigenvalue weighted by Gasteiger charge is -2.23. The standard InChI is InChI=1S/C29H33N7O6/c1-16(26(38)36-25(29(41)42)10-17-6-8-20(37)9-7-17)34-28(40)24(11-18-13-32-23-5-3-2-4-21(18)23)35-27(39)22(30)12-19-14-31-15-33-19/h2-9,13-16,22,24-25,32,37H,10-12,30H2,1H3,(H,31,33)(H,34,40)(H,35,39)(H,36,38)(H,41,42). The van der Waals surface area contributed by atoms with Crippen LogP contribution in [0.5, 0.6) is 5.75 Å². The summed E-state index contributed by atoms with van der Waals surface area (Å²) in [5.41, 5.74) is 8.96. The molecule has 2 heterocycles. The molecule has 13 nitrogen and oxygen atoms in total. The van der Waals surface area contributed by atoms with E-state index in [9.17, 15) is 29.4 Å². The molecule has 0 aliphatic heterocycles. The molecule has 0 radical (unpaired) electrons. The Morgan fingerprint density at radius 2 is 1.60 bits per heavy atom. The maximum absolute atomic E-state index is 13.4. The van der Waals surface area contributed by atoms with E-state index in [-0.39, 0.29) is 25.0 Å². The Hall–Kier alpha value is -5.17. The quantitative estimate of drug-likeness (QED) is 0.112. The highest BCUT2D eigenvalue weighted by molar-refractivity contribution is 5.94. The van der Waals surface area contributed by atoms with Crippen LogP contribution in [0.15, 0.2) is 67.3 Å². The molecule has 0 aliphatic rings. The van der Waals surface area contributed by atoms with Crippen molar-refractivity contribution in [3.8, 4) is 5.75 Å². The van der Waals surface area contributed by atoms with Crippen LogP contribution in [-0.4, -0.2) is 73.0 Å². The Morgan fingerprint density at radius 3 is 2.29 bits per heavy atom. The zero-order valence-corrected chi connectivity index (χ0v) is 22.8. The van der Waals surface area contributed by atoms with Crippen molar-refractivity contribution >= 4 is 34.6 Å². The Morgan fingerprint density at radius 1 is 0.881 bits per heavy atom. The van der Waals surface area contributed by atoms with Crippen LogP contribution < -0.4 is 21.7 Å². The van der Waals surface area contributed by atoms with Gasteiger partial charge in [0, 0.05) is 48.3 Å². The van der Waals surface area contributed by atoms with Crippen molar-refractivity contribution in [3.05, 3.63) is 84.1 Å². The molecule has 0 saturated carbocycles. The van der Waals surface area contributed by atoms with Crippen molar-refractivity contribution in [2.24, 2.45) is 5.73 Å². The highest BCUT2D eigenvalue weighted by Crippen LogP contribution is 2.19. The normalized spacial score (nSPS) is 14.0. The topological polar surface area (TPSA) is 215 Å². The number of nitrogens with zero attached hydrogens (tertiary/aromatic N) is 1. The Kier molecular flexibility index (Phi) is 9.55. The van der Waals surface area contributed by atoms with E-state index < -0.39 is 47.9 Å². The number of H-pyrrole nitrogens is 2. The molecule has 0 fully saturated rings. The van der Waals surface area contributed by atoms with Crippen LogP contribution in [0.25, 0.3) is 10.9 Å². The second-order valence-corrected chi connectivity index (χ2v) is 10.0. The fourth-order valence-electron chi connectivity index (χ4n) is 4.48. The molecule has 2 aromatic heterocycles. The number of hydrogen-bond acceptors (Lipinski definition) is 7. The largest absolute Gasteiger partial charge is 0.508 e. The number of carboxylic acid groups (broad SMARTS) is 1. The van der Waals surface area contributed by atoms with E-state index in [1.165, 1.54) is 25.4 Å². The van der Waals surface area contributed by atoms with Gasteiger partial charge in [0.25, 0.3) is 0 Å². The summed E-state index contributed by atoms with van der Waals surface area (Å²) in [5.74, 6) is -3.16. The van der Waals surface area contributed by atoms with Gasteiger partial charge in [-0.1, -0.05) is 30.3 Å².